The van der Waals surface area contributed by atoms with Gasteiger partial charge in [-0.05, 0) is 56.0 Å². The van der Waals surface area contributed by atoms with Crippen LogP contribution in [-0.4, -0.2) is 35.9 Å². The van der Waals surface area contributed by atoms with Gasteiger partial charge in [-0.15, -0.1) is 0 Å². The zero-order chi connectivity index (χ0) is 23.5. The maximum absolute atomic E-state index is 13.2. The number of nitrogens with one attached hydrogen (secondary N) is 1. The second-order valence-electron chi connectivity index (χ2n) is 7.75. The molecule has 0 heterocycles. The van der Waals surface area contributed by atoms with E-state index in [0.717, 1.165) is 23.3 Å². The van der Waals surface area contributed by atoms with Gasteiger partial charge in [0.05, 0.1) is 16.7 Å². The highest BCUT2D eigenvalue weighted by Crippen LogP contribution is 2.24. The molecule has 0 aromatic heterocycles. The number of hydrogen-bond acceptors (Lipinski definition) is 3. The first-order valence-corrected chi connectivity index (χ1v) is 11.8. The summed E-state index contributed by atoms with van der Waals surface area (Å²) in [4.78, 5) is 27.6. The quantitative estimate of drug-likeness (QED) is 0.392. The van der Waals surface area contributed by atoms with E-state index in [1.54, 1.807) is 17.0 Å². The van der Waals surface area contributed by atoms with Crippen molar-refractivity contribution in [2.75, 3.05) is 13.2 Å². The number of carbonyl (C=O) groups excluding carboxylic acids is 2. The molecule has 0 radical (unpaired) electrons. The van der Waals surface area contributed by atoms with E-state index < -0.39 is 6.04 Å². The summed E-state index contributed by atoms with van der Waals surface area (Å²) < 4.78 is 5.74. The third-order valence-corrected chi connectivity index (χ3v) is 5.84. The van der Waals surface area contributed by atoms with Gasteiger partial charge >= 0.3 is 0 Å². The highest BCUT2D eigenvalue weighted by Gasteiger charge is 2.28. The average molecular weight is 479 g/mol. The predicted molar refractivity (Wildman–Crippen MR) is 130 cm³/mol. The number of rotatable bonds is 12. The first kappa shape index (κ1) is 26.0. The fraction of sp³-hybridized carbons (Fsp3) is 0.440. The maximum Gasteiger partial charge on any atom is 0.242 e. The molecule has 2 amide bonds. The van der Waals surface area contributed by atoms with Crippen molar-refractivity contribution in [2.45, 2.75) is 59.0 Å². The van der Waals surface area contributed by atoms with Gasteiger partial charge < -0.3 is 15.0 Å². The molecule has 1 N–H and O–H groups in total. The lowest BCUT2D eigenvalue weighted by atomic mass is 10.1. The number of amides is 2. The Kier molecular flexibility index (Phi) is 10.8. The Balaban J connectivity index is 2.06. The number of aryl methyl sites for hydroxylation is 1. The Morgan fingerprint density at radius 2 is 1.78 bits per heavy atom. The van der Waals surface area contributed by atoms with Crippen LogP contribution in [-0.2, 0) is 16.1 Å². The highest BCUT2D eigenvalue weighted by atomic mass is 35.5. The molecule has 5 nitrogen and oxygen atoms in total. The molecule has 7 heteroatoms. The first-order chi connectivity index (χ1) is 15.3. The fourth-order valence-electron chi connectivity index (χ4n) is 3.31. The van der Waals surface area contributed by atoms with Crippen LogP contribution >= 0.6 is 23.2 Å². The number of halogens is 2. The largest absolute Gasteiger partial charge is 0.494 e. The van der Waals surface area contributed by atoms with Crippen molar-refractivity contribution in [1.82, 2.24) is 10.2 Å². The van der Waals surface area contributed by atoms with Gasteiger partial charge in [0.25, 0.3) is 0 Å². The highest BCUT2D eigenvalue weighted by molar-refractivity contribution is 6.42. The zero-order valence-electron chi connectivity index (χ0n) is 19.0. The zero-order valence-corrected chi connectivity index (χ0v) is 20.5. The summed E-state index contributed by atoms with van der Waals surface area (Å²) in [7, 11) is 0. The summed E-state index contributed by atoms with van der Waals surface area (Å²) in [5, 5.41) is 3.79. The lowest BCUT2D eigenvalue weighted by Gasteiger charge is -2.31. The number of carbonyl (C=O) groups is 2. The van der Waals surface area contributed by atoms with Crippen LogP contribution in [0, 0.1) is 6.92 Å². The van der Waals surface area contributed by atoms with Crippen molar-refractivity contribution in [3.05, 3.63) is 63.6 Å². The smallest absolute Gasteiger partial charge is 0.242 e. The van der Waals surface area contributed by atoms with Gasteiger partial charge in [0.2, 0.25) is 11.8 Å². The van der Waals surface area contributed by atoms with Crippen LogP contribution in [0.4, 0.5) is 0 Å². The summed E-state index contributed by atoms with van der Waals surface area (Å²) in [5.74, 6) is 0.543. The molecule has 0 aliphatic rings. The van der Waals surface area contributed by atoms with E-state index in [9.17, 15) is 9.59 Å². The molecule has 0 spiro atoms. The number of nitrogens with zero attached hydrogens (tertiary/aromatic N) is 1. The van der Waals surface area contributed by atoms with E-state index in [0.29, 0.717) is 36.0 Å². The Morgan fingerprint density at radius 1 is 1.06 bits per heavy atom. The molecule has 0 aliphatic carbocycles. The third-order valence-electron chi connectivity index (χ3n) is 5.10. The Hall–Kier alpha value is -2.24. The minimum Gasteiger partial charge on any atom is -0.494 e. The molecule has 0 saturated heterocycles. The van der Waals surface area contributed by atoms with Crippen molar-refractivity contribution in [3.8, 4) is 5.75 Å². The van der Waals surface area contributed by atoms with Crippen LogP contribution in [0.15, 0.2) is 42.5 Å². The van der Waals surface area contributed by atoms with Crippen molar-refractivity contribution >= 4 is 35.0 Å². The van der Waals surface area contributed by atoms with Crippen molar-refractivity contribution < 1.29 is 14.3 Å². The van der Waals surface area contributed by atoms with Crippen LogP contribution in [0.1, 0.15) is 50.7 Å². The summed E-state index contributed by atoms with van der Waals surface area (Å²) >= 11 is 12.2. The number of benzene rings is 2. The topological polar surface area (TPSA) is 58.6 Å². The van der Waals surface area contributed by atoms with Gasteiger partial charge in [0.15, 0.2) is 0 Å². The van der Waals surface area contributed by atoms with E-state index in [2.05, 4.69) is 5.32 Å². The van der Waals surface area contributed by atoms with Crippen LogP contribution in [0.5, 0.6) is 5.75 Å². The lowest BCUT2D eigenvalue weighted by molar-refractivity contribution is -0.141. The van der Waals surface area contributed by atoms with E-state index in [4.69, 9.17) is 27.9 Å². The summed E-state index contributed by atoms with van der Waals surface area (Å²) in [6, 6.07) is 12.5. The second kappa shape index (κ2) is 13.3. The summed E-state index contributed by atoms with van der Waals surface area (Å²) in [6.45, 7) is 7.21. The lowest BCUT2D eigenvalue weighted by Crippen LogP contribution is -2.49. The molecule has 1 unspecified atom stereocenters. The maximum atomic E-state index is 13.2. The van der Waals surface area contributed by atoms with Crippen LogP contribution in [0.2, 0.25) is 10.0 Å². The molecular weight excluding hydrogens is 447 g/mol. The van der Waals surface area contributed by atoms with Gasteiger partial charge in [0.1, 0.15) is 11.8 Å². The van der Waals surface area contributed by atoms with E-state index in [1.807, 2.05) is 51.1 Å². The molecular formula is C25H32Cl2N2O3. The molecule has 0 bridgehead atoms. The SMILES string of the molecule is CCCNC(=O)C(CC)N(Cc1ccc(Cl)c(Cl)c1)C(=O)CCCOc1ccc(C)cc1. The number of hydrogen-bond donors (Lipinski definition) is 1. The van der Waals surface area contributed by atoms with Gasteiger partial charge in [-0.25, -0.2) is 0 Å². The minimum absolute atomic E-state index is 0.0953. The number of ether oxygens (including phenoxy) is 1. The van der Waals surface area contributed by atoms with Gasteiger partial charge in [-0.2, -0.15) is 0 Å². The molecule has 2 aromatic carbocycles. The molecule has 2 rings (SSSR count). The minimum atomic E-state index is -0.554. The Bertz CT molecular complexity index is 887. The van der Waals surface area contributed by atoms with Crippen LogP contribution in [0.3, 0.4) is 0 Å². The summed E-state index contributed by atoms with van der Waals surface area (Å²) in [5.41, 5.74) is 1.99. The average Bonchev–Trinajstić information content (AvgIpc) is 2.78. The van der Waals surface area contributed by atoms with Gasteiger partial charge in [-0.3, -0.25) is 9.59 Å². The van der Waals surface area contributed by atoms with E-state index in [1.165, 1.54) is 0 Å². The Labute approximate surface area is 201 Å². The van der Waals surface area contributed by atoms with Crippen LogP contribution < -0.4 is 10.1 Å². The van der Waals surface area contributed by atoms with Crippen molar-refractivity contribution in [1.29, 1.82) is 0 Å². The third kappa shape index (κ3) is 8.03. The van der Waals surface area contributed by atoms with Gasteiger partial charge in [-0.1, -0.05) is 60.8 Å². The molecule has 0 saturated carbocycles. The normalized spacial score (nSPS) is 11.7. The summed E-state index contributed by atoms with van der Waals surface area (Å²) in [6.07, 6.45) is 2.18. The Morgan fingerprint density at radius 3 is 2.41 bits per heavy atom. The van der Waals surface area contributed by atoms with E-state index >= 15 is 0 Å². The molecule has 0 fully saturated rings. The molecule has 0 aliphatic heterocycles. The molecule has 2 aromatic rings. The van der Waals surface area contributed by atoms with Crippen molar-refractivity contribution in [3.63, 3.8) is 0 Å². The monoisotopic (exact) mass is 478 g/mol. The first-order valence-electron chi connectivity index (χ1n) is 11.1. The van der Waals surface area contributed by atoms with E-state index in [-0.39, 0.29) is 24.8 Å². The molecule has 1 atom stereocenters. The fourth-order valence-corrected chi connectivity index (χ4v) is 3.63. The standard InChI is InChI=1S/C25H32Cl2N2O3/c1-4-14-28-25(31)23(5-2)29(17-19-10-13-21(26)22(27)16-19)24(30)7-6-15-32-20-11-8-18(3)9-12-20/h8-13,16,23H,4-7,14-15,17H2,1-3H3,(H,28,31). The second-order valence-corrected chi connectivity index (χ2v) is 8.56. The molecule has 174 valence electrons. The predicted octanol–water partition coefficient (Wildman–Crippen LogP) is 5.79. The molecule has 32 heavy (non-hydrogen) atoms. The van der Waals surface area contributed by atoms with Crippen LogP contribution in [0.25, 0.3) is 0 Å². The van der Waals surface area contributed by atoms with Crippen molar-refractivity contribution in [2.24, 2.45) is 0 Å². The van der Waals surface area contributed by atoms with Gasteiger partial charge in [0, 0.05) is 19.5 Å².